The zero-order valence-electron chi connectivity index (χ0n) is 7.02. The van der Waals surface area contributed by atoms with Crippen molar-refractivity contribution in [3.63, 3.8) is 0 Å². The normalized spacial score (nSPS) is 15.9. The Labute approximate surface area is 79.8 Å². The fraction of sp³-hybridized carbons (Fsp3) is 0.571. The second-order valence-electron chi connectivity index (χ2n) is 2.52. The predicted octanol–water partition coefficient (Wildman–Crippen LogP) is 1.92. The summed E-state index contributed by atoms with van der Waals surface area (Å²) < 4.78 is 0. The van der Waals surface area contributed by atoms with Crippen LogP contribution in [-0.2, 0) is 0 Å². The summed E-state index contributed by atoms with van der Waals surface area (Å²) in [5.41, 5.74) is 0. The maximum absolute atomic E-state index is 9.18. The Morgan fingerprint density at radius 2 is 2.33 bits per heavy atom. The van der Waals surface area contributed by atoms with Crippen LogP contribution in [-0.4, -0.2) is 26.4 Å². The summed E-state index contributed by atoms with van der Waals surface area (Å²) in [7, 11) is 3.17. The third-order valence-electron chi connectivity index (χ3n) is 1.43. The summed E-state index contributed by atoms with van der Waals surface area (Å²) in [6.45, 7) is 3.78. The fourth-order valence-corrected chi connectivity index (χ4v) is 2.61. The maximum Gasteiger partial charge on any atom is 0.176 e. The lowest BCUT2D eigenvalue weighted by molar-refractivity contribution is 0.197. The molecule has 0 bridgehead atoms. The van der Waals surface area contributed by atoms with E-state index in [0.29, 0.717) is 0 Å². The molecule has 0 aliphatic rings. The van der Waals surface area contributed by atoms with Crippen molar-refractivity contribution in [1.29, 1.82) is 0 Å². The summed E-state index contributed by atoms with van der Waals surface area (Å²) >= 11 is 0. The van der Waals surface area contributed by atoms with Gasteiger partial charge in [-0.2, -0.15) is 0 Å². The highest BCUT2D eigenvalue weighted by molar-refractivity contribution is 8.76. The van der Waals surface area contributed by atoms with E-state index in [4.69, 9.17) is 0 Å². The van der Waals surface area contributed by atoms with Gasteiger partial charge in [0.25, 0.3) is 0 Å². The van der Waals surface area contributed by atoms with Crippen LogP contribution in [0.1, 0.15) is 13.8 Å². The number of aliphatic hydroxyl groups excluding tert-OH is 1. The molecular weight excluding hydrogens is 192 g/mol. The summed E-state index contributed by atoms with van der Waals surface area (Å²) in [6, 6.07) is 0. The van der Waals surface area contributed by atoms with E-state index >= 15 is 0 Å². The Morgan fingerprint density at radius 1 is 1.58 bits per heavy atom. The third-order valence-corrected chi connectivity index (χ3v) is 4.28. The van der Waals surface area contributed by atoms with Gasteiger partial charge in [0.05, 0.1) is 6.10 Å². The number of aromatic amines is 1. The zero-order valence-corrected chi connectivity index (χ0v) is 8.65. The molecule has 5 heteroatoms. The maximum atomic E-state index is 9.18. The second-order valence-corrected chi connectivity index (χ2v) is 5.09. The molecule has 0 fully saturated rings. The number of hydrogen-bond donors (Lipinski definition) is 2. The highest BCUT2D eigenvalue weighted by Crippen LogP contribution is 2.32. The van der Waals surface area contributed by atoms with Gasteiger partial charge in [0.15, 0.2) is 5.16 Å². The number of aliphatic hydroxyl groups is 1. The molecule has 3 nitrogen and oxygen atoms in total. The van der Waals surface area contributed by atoms with Gasteiger partial charge in [0, 0.05) is 17.6 Å². The highest BCUT2D eigenvalue weighted by atomic mass is 33.1. The molecule has 12 heavy (non-hydrogen) atoms. The zero-order chi connectivity index (χ0) is 8.97. The Hall–Kier alpha value is -0.130. The average Bonchev–Trinajstić information content (AvgIpc) is 2.51. The Morgan fingerprint density at radius 3 is 2.83 bits per heavy atom. The highest BCUT2D eigenvalue weighted by Gasteiger charge is 2.10. The van der Waals surface area contributed by atoms with Crippen LogP contribution in [0.3, 0.4) is 0 Å². The molecule has 2 unspecified atom stereocenters. The van der Waals surface area contributed by atoms with Crippen LogP contribution >= 0.6 is 21.6 Å². The number of rotatable bonds is 4. The van der Waals surface area contributed by atoms with Gasteiger partial charge >= 0.3 is 0 Å². The molecule has 0 aliphatic heterocycles. The van der Waals surface area contributed by atoms with E-state index in [2.05, 4.69) is 9.97 Å². The van der Waals surface area contributed by atoms with Gasteiger partial charge in [0.2, 0.25) is 0 Å². The lowest BCUT2D eigenvalue weighted by Gasteiger charge is -2.11. The largest absolute Gasteiger partial charge is 0.392 e. The van der Waals surface area contributed by atoms with Gasteiger partial charge in [-0.15, -0.1) is 0 Å². The molecule has 1 heterocycles. The van der Waals surface area contributed by atoms with Gasteiger partial charge in [0.1, 0.15) is 0 Å². The van der Waals surface area contributed by atoms with Crippen molar-refractivity contribution in [1.82, 2.24) is 9.97 Å². The number of aromatic nitrogens is 2. The average molecular weight is 204 g/mol. The Balaban J connectivity index is 2.27. The molecule has 2 atom stereocenters. The van der Waals surface area contributed by atoms with Gasteiger partial charge in [-0.25, -0.2) is 4.98 Å². The van der Waals surface area contributed by atoms with Gasteiger partial charge in [-0.3, -0.25) is 0 Å². The van der Waals surface area contributed by atoms with E-state index in [9.17, 15) is 5.11 Å². The van der Waals surface area contributed by atoms with E-state index in [1.807, 2.05) is 6.92 Å². The minimum absolute atomic E-state index is 0.222. The van der Waals surface area contributed by atoms with E-state index in [-0.39, 0.29) is 11.4 Å². The van der Waals surface area contributed by atoms with Crippen molar-refractivity contribution in [2.75, 3.05) is 0 Å². The molecule has 0 aliphatic carbocycles. The molecule has 0 aromatic carbocycles. The molecule has 2 N–H and O–H groups in total. The summed E-state index contributed by atoms with van der Waals surface area (Å²) in [5, 5.41) is 10.3. The van der Waals surface area contributed by atoms with Crippen molar-refractivity contribution in [2.24, 2.45) is 0 Å². The predicted molar refractivity (Wildman–Crippen MR) is 53.2 cm³/mol. The van der Waals surface area contributed by atoms with Gasteiger partial charge in [-0.1, -0.05) is 10.8 Å². The number of H-pyrrole nitrogens is 1. The standard InChI is InChI=1S/C7H12N2OS2/c1-5(10)6(2)11-12-7-8-3-4-9-7/h3-6,10H,1-2H3,(H,8,9). The van der Waals surface area contributed by atoms with Gasteiger partial charge in [-0.05, 0) is 24.6 Å². The minimum Gasteiger partial charge on any atom is -0.392 e. The first-order valence-corrected chi connectivity index (χ1v) is 5.92. The smallest absolute Gasteiger partial charge is 0.176 e. The van der Waals surface area contributed by atoms with Crippen LogP contribution in [0.5, 0.6) is 0 Å². The quantitative estimate of drug-likeness (QED) is 0.736. The summed E-state index contributed by atoms with van der Waals surface area (Å²) in [4.78, 5) is 7.03. The molecule has 1 aromatic heterocycles. The van der Waals surface area contributed by atoms with E-state index in [1.165, 1.54) is 0 Å². The first kappa shape index (κ1) is 9.95. The topological polar surface area (TPSA) is 48.9 Å². The van der Waals surface area contributed by atoms with Crippen LogP contribution in [0.2, 0.25) is 0 Å². The molecular formula is C7H12N2OS2. The van der Waals surface area contributed by atoms with Crippen molar-refractivity contribution in [3.8, 4) is 0 Å². The molecule has 68 valence electrons. The fourth-order valence-electron chi connectivity index (χ4n) is 0.498. The molecule has 1 aromatic rings. The van der Waals surface area contributed by atoms with Crippen molar-refractivity contribution < 1.29 is 5.11 Å². The monoisotopic (exact) mass is 204 g/mol. The Kier molecular flexibility index (Phi) is 3.97. The summed E-state index contributed by atoms with van der Waals surface area (Å²) in [5.74, 6) is 0. The number of nitrogens with zero attached hydrogens (tertiary/aromatic N) is 1. The second kappa shape index (κ2) is 4.79. The van der Waals surface area contributed by atoms with Crippen LogP contribution in [0.15, 0.2) is 17.6 Å². The molecule has 0 saturated carbocycles. The number of nitrogens with one attached hydrogen (secondary N) is 1. The third kappa shape index (κ3) is 3.08. The lowest BCUT2D eigenvalue weighted by Crippen LogP contribution is -2.13. The Bertz CT molecular complexity index is 213. The van der Waals surface area contributed by atoms with Crippen molar-refractivity contribution in [2.45, 2.75) is 30.4 Å². The van der Waals surface area contributed by atoms with Crippen LogP contribution in [0.4, 0.5) is 0 Å². The van der Waals surface area contributed by atoms with Crippen LogP contribution in [0.25, 0.3) is 0 Å². The lowest BCUT2D eigenvalue weighted by atomic mass is 10.3. The SMILES string of the molecule is CC(O)C(C)SSc1ncc[nH]1. The first-order chi connectivity index (χ1) is 5.70. The van der Waals surface area contributed by atoms with E-state index in [0.717, 1.165) is 5.16 Å². The van der Waals surface area contributed by atoms with Crippen LogP contribution in [0, 0.1) is 0 Å². The number of imidazole rings is 1. The first-order valence-electron chi connectivity index (χ1n) is 3.71. The summed E-state index contributed by atoms with van der Waals surface area (Å²) in [6.07, 6.45) is 3.23. The van der Waals surface area contributed by atoms with E-state index < -0.39 is 0 Å². The molecule has 0 spiro atoms. The molecule has 1 rings (SSSR count). The van der Waals surface area contributed by atoms with Crippen molar-refractivity contribution >= 4 is 21.6 Å². The molecule has 0 amide bonds. The van der Waals surface area contributed by atoms with Crippen LogP contribution < -0.4 is 0 Å². The van der Waals surface area contributed by atoms with Crippen molar-refractivity contribution in [3.05, 3.63) is 12.4 Å². The van der Waals surface area contributed by atoms with Gasteiger partial charge < -0.3 is 10.1 Å². The molecule has 0 radical (unpaired) electrons. The minimum atomic E-state index is -0.280. The molecule has 0 saturated heterocycles. The van der Waals surface area contributed by atoms with E-state index in [1.54, 1.807) is 40.9 Å². The number of hydrogen-bond acceptors (Lipinski definition) is 4.